The van der Waals surface area contributed by atoms with Crippen molar-refractivity contribution in [3.63, 3.8) is 0 Å². The predicted molar refractivity (Wildman–Crippen MR) is 76.7 cm³/mol. The third-order valence-electron chi connectivity index (χ3n) is 4.19. The Kier molecular flexibility index (Phi) is 4.23. The molecule has 6 nitrogen and oxygen atoms in total. The topological polar surface area (TPSA) is 88.3 Å². The second-order valence-corrected chi connectivity index (χ2v) is 5.86. The minimum absolute atomic E-state index is 0.0108. The number of hydrogen-bond donors (Lipinski definition) is 2. The van der Waals surface area contributed by atoms with E-state index < -0.39 is 4.92 Å². The van der Waals surface area contributed by atoms with E-state index >= 15 is 0 Å². The molecule has 1 fully saturated rings. The fourth-order valence-electron chi connectivity index (χ4n) is 2.68. The highest BCUT2D eigenvalue weighted by Gasteiger charge is 2.34. The molecule has 0 spiro atoms. The van der Waals surface area contributed by atoms with Gasteiger partial charge in [0.1, 0.15) is 12.0 Å². The largest absolute Gasteiger partial charge is 0.394 e. The van der Waals surface area contributed by atoms with Gasteiger partial charge < -0.3 is 10.4 Å². The Balaban J connectivity index is 2.17. The van der Waals surface area contributed by atoms with Gasteiger partial charge in [0.25, 0.3) is 5.69 Å². The Labute approximate surface area is 118 Å². The summed E-state index contributed by atoms with van der Waals surface area (Å²) < 4.78 is 0. The van der Waals surface area contributed by atoms with Crippen LogP contribution in [-0.4, -0.2) is 27.2 Å². The predicted octanol–water partition coefficient (Wildman–Crippen LogP) is 2.65. The van der Waals surface area contributed by atoms with Crippen molar-refractivity contribution in [3.05, 3.63) is 27.9 Å². The molecule has 2 N–H and O–H groups in total. The molecule has 0 atom stereocenters. The van der Waals surface area contributed by atoms with Crippen molar-refractivity contribution in [2.24, 2.45) is 5.92 Å². The second-order valence-electron chi connectivity index (χ2n) is 5.86. The van der Waals surface area contributed by atoms with Crippen LogP contribution in [0.25, 0.3) is 0 Å². The number of anilines is 1. The van der Waals surface area contributed by atoms with Gasteiger partial charge in [0.15, 0.2) is 0 Å². The van der Waals surface area contributed by atoms with E-state index in [0.717, 1.165) is 31.2 Å². The van der Waals surface area contributed by atoms with Gasteiger partial charge in [-0.05, 0) is 44.1 Å². The molecule has 6 heteroatoms. The van der Waals surface area contributed by atoms with Crippen molar-refractivity contribution in [2.75, 3.05) is 11.9 Å². The van der Waals surface area contributed by atoms with Gasteiger partial charge in [-0.1, -0.05) is 6.92 Å². The fourth-order valence-corrected chi connectivity index (χ4v) is 2.68. The summed E-state index contributed by atoms with van der Waals surface area (Å²) >= 11 is 0. The van der Waals surface area contributed by atoms with E-state index in [4.69, 9.17) is 0 Å². The molecule has 110 valence electrons. The van der Waals surface area contributed by atoms with E-state index in [1.807, 2.05) is 0 Å². The normalized spacial score (nSPS) is 26.2. The molecule has 0 aromatic carbocycles. The summed E-state index contributed by atoms with van der Waals surface area (Å²) in [6, 6.07) is 1.51. The number of rotatable bonds is 4. The first-order valence-corrected chi connectivity index (χ1v) is 6.96. The Morgan fingerprint density at radius 2 is 2.20 bits per heavy atom. The zero-order valence-electron chi connectivity index (χ0n) is 11.9. The minimum Gasteiger partial charge on any atom is -0.394 e. The number of aliphatic hydroxyl groups excluding tert-OH is 1. The van der Waals surface area contributed by atoms with Gasteiger partial charge >= 0.3 is 0 Å². The Morgan fingerprint density at radius 3 is 2.70 bits per heavy atom. The Bertz CT molecular complexity index is 496. The zero-order valence-corrected chi connectivity index (χ0v) is 11.9. The minimum atomic E-state index is -0.451. The number of pyridine rings is 1. The Hall–Kier alpha value is -1.69. The van der Waals surface area contributed by atoms with Crippen LogP contribution in [0.3, 0.4) is 0 Å². The molecule has 0 bridgehead atoms. The highest BCUT2D eigenvalue weighted by Crippen LogP contribution is 2.34. The third kappa shape index (κ3) is 3.07. The van der Waals surface area contributed by atoms with Crippen LogP contribution in [0.2, 0.25) is 0 Å². The van der Waals surface area contributed by atoms with Crippen molar-refractivity contribution in [2.45, 2.75) is 45.1 Å². The summed E-state index contributed by atoms with van der Waals surface area (Å²) in [5.74, 6) is 1.31. The average Bonchev–Trinajstić information content (AvgIpc) is 2.43. The summed E-state index contributed by atoms with van der Waals surface area (Å²) in [4.78, 5) is 14.4. The number of nitrogens with one attached hydrogen (secondary N) is 1. The number of nitrogens with zero attached hydrogens (tertiary/aromatic N) is 2. The number of aliphatic hydroxyl groups is 1. The molecule has 0 aliphatic heterocycles. The molecule has 2 rings (SSSR count). The lowest BCUT2D eigenvalue weighted by Crippen LogP contribution is -2.45. The summed E-state index contributed by atoms with van der Waals surface area (Å²) in [5.41, 5.74) is 0.370. The molecule has 1 aliphatic carbocycles. The molecule has 1 aromatic rings. The molecule has 0 radical (unpaired) electrons. The molecule has 0 unspecified atom stereocenters. The highest BCUT2D eigenvalue weighted by molar-refractivity contribution is 5.50. The summed E-state index contributed by atoms with van der Waals surface area (Å²) in [6.07, 6.45) is 5.18. The van der Waals surface area contributed by atoms with Gasteiger partial charge in [-0.15, -0.1) is 0 Å². The van der Waals surface area contributed by atoms with Crippen LogP contribution in [0, 0.1) is 23.0 Å². The van der Waals surface area contributed by atoms with Gasteiger partial charge in [-0.25, -0.2) is 4.98 Å². The lowest BCUT2D eigenvalue weighted by molar-refractivity contribution is -0.385. The van der Waals surface area contributed by atoms with Crippen LogP contribution in [0.15, 0.2) is 12.3 Å². The standard InChI is InChI=1S/C14H21N3O3/c1-10-3-5-14(9-18,6-4-10)16-13-11(2)7-12(8-15-13)17(19)20/h7-8,10,18H,3-6,9H2,1-2H3,(H,15,16). The van der Waals surface area contributed by atoms with Gasteiger partial charge in [0.2, 0.25) is 0 Å². The monoisotopic (exact) mass is 279 g/mol. The first-order valence-electron chi connectivity index (χ1n) is 6.96. The van der Waals surface area contributed by atoms with Gasteiger partial charge in [0.05, 0.1) is 17.1 Å². The second kappa shape index (κ2) is 5.75. The van der Waals surface area contributed by atoms with Crippen LogP contribution in [0.4, 0.5) is 11.5 Å². The van der Waals surface area contributed by atoms with Crippen LogP contribution >= 0.6 is 0 Å². The van der Waals surface area contributed by atoms with E-state index in [1.54, 1.807) is 6.92 Å². The van der Waals surface area contributed by atoms with Crippen molar-refractivity contribution >= 4 is 11.5 Å². The van der Waals surface area contributed by atoms with E-state index in [9.17, 15) is 15.2 Å². The van der Waals surface area contributed by atoms with Crippen LogP contribution in [0.5, 0.6) is 0 Å². The molecule has 1 heterocycles. The van der Waals surface area contributed by atoms with Crippen molar-refractivity contribution < 1.29 is 10.0 Å². The first-order chi connectivity index (χ1) is 9.46. The van der Waals surface area contributed by atoms with Crippen molar-refractivity contribution in [1.82, 2.24) is 4.98 Å². The van der Waals surface area contributed by atoms with E-state index in [-0.39, 0.29) is 17.8 Å². The quantitative estimate of drug-likeness (QED) is 0.653. The average molecular weight is 279 g/mol. The van der Waals surface area contributed by atoms with E-state index in [1.165, 1.54) is 12.3 Å². The molecule has 1 aromatic heterocycles. The molecular weight excluding hydrogens is 258 g/mol. The maximum Gasteiger partial charge on any atom is 0.287 e. The van der Waals surface area contributed by atoms with E-state index in [2.05, 4.69) is 17.2 Å². The third-order valence-corrected chi connectivity index (χ3v) is 4.19. The zero-order chi connectivity index (χ0) is 14.8. The fraction of sp³-hybridized carbons (Fsp3) is 0.643. The summed E-state index contributed by atoms with van der Waals surface area (Å²) in [5, 5.41) is 23.8. The maximum absolute atomic E-state index is 10.7. The summed E-state index contributed by atoms with van der Waals surface area (Å²) in [7, 11) is 0. The van der Waals surface area contributed by atoms with Gasteiger partial charge in [-0.3, -0.25) is 10.1 Å². The van der Waals surface area contributed by atoms with Crippen LogP contribution in [-0.2, 0) is 0 Å². The van der Waals surface area contributed by atoms with Crippen LogP contribution < -0.4 is 5.32 Å². The molecule has 20 heavy (non-hydrogen) atoms. The lowest BCUT2D eigenvalue weighted by atomic mass is 9.77. The first kappa shape index (κ1) is 14.7. The Morgan fingerprint density at radius 1 is 1.55 bits per heavy atom. The molecule has 0 amide bonds. The van der Waals surface area contributed by atoms with E-state index in [0.29, 0.717) is 11.7 Å². The molecule has 0 saturated heterocycles. The maximum atomic E-state index is 10.7. The number of nitro groups is 1. The number of hydrogen-bond acceptors (Lipinski definition) is 5. The van der Waals surface area contributed by atoms with Crippen molar-refractivity contribution in [3.8, 4) is 0 Å². The van der Waals surface area contributed by atoms with Gasteiger partial charge in [0, 0.05) is 6.07 Å². The molecule has 1 saturated carbocycles. The van der Waals surface area contributed by atoms with Gasteiger partial charge in [-0.2, -0.15) is 0 Å². The molecule has 1 aliphatic rings. The summed E-state index contributed by atoms with van der Waals surface area (Å²) in [6.45, 7) is 4.06. The number of aryl methyl sites for hydroxylation is 1. The number of aromatic nitrogens is 1. The van der Waals surface area contributed by atoms with Crippen molar-refractivity contribution in [1.29, 1.82) is 0 Å². The lowest BCUT2D eigenvalue weighted by Gasteiger charge is -2.39. The highest BCUT2D eigenvalue weighted by atomic mass is 16.6. The SMILES string of the molecule is Cc1cc([N+](=O)[O-])cnc1NC1(CO)CCC(C)CC1. The molecular formula is C14H21N3O3. The smallest absolute Gasteiger partial charge is 0.287 e. The van der Waals surface area contributed by atoms with Crippen LogP contribution in [0.1, 0.15) is 38.2 Å².